The van der Waals surface area contributed by atoms with E-state index in [-0.39, 0.29) is 30.3 Å². The van der Waals surface area contributed by atoms with Gasteiger partial charge in [-0.05, 0) is 30.2 Å². The van der Waals surface area contributed by atoms with Crippen molar-refractivity contribution < 1.29 is 23.5 Å². The highest BCUT2D eigenvalue weighted by atomic mass is 32.2. The Morgan fingerprint density at radius 3 is 2.72 bits per heavy atom. The SMILES string of the molecule is O=C1N[C@@H](C(=O)NC[C@@H]2COc3ccccc3O2)CS[C@H]1Cc1ccccc1F. The van der Waals surface area contributed by atoms with Crippen molar-refractivity contribution in [2.24, 2.45) is 0 Å². The molecule has 2 N–H and O–H groups in total. The number of benzene rings is 2. The summed E-state index contributed by atoms with van der Waals surface area (Å²) in [6, 6.07) is 13.2. The van der Waals surface area contributed by atoms with Crippen LogP contribution in [0.2, 0.25) is 0 Å². The van der Waals surface area contributed by atoms with Crippen LogP contribution in [0.4, 0.5) is 4.39 Å². The third-order valence-corrected chi connectivity index (χ3v) is 6.13. The van der Waals surface area contributed by atoms with E-state index in [0.29, 0.717) is 35.8 Å². The van der Waals surface area contributed by atoms with Gasteiger partial charge in [0.15, 0.2) is 11.5 Å². The van der Waals surface area contributed by atoms with Gasteiger partial charge in [0, 0.05) is 5.75 Å². The lowest BCUT2D eigenvalue weighted by molar-refractivity contribution is -0.128. The summed E-state index contributed by atoms with van der Waals surface area (Å²) in [6.07, 6.45) is -0.000859. The lowest BCUT2D eigenvalue weighted by atomic mass is 10.1. The first-order valence-electron chi connectivity index (χ1n) is 9.42. The van der Waals surface area contributed by atoms with Crippen molar-refractivity contribution in [1.82, 2.24) is 10.6 Å². The number of nitrogens with one attached hydrogen (secondary N) is 2. The van der Waals surface area contributed by atoms with Crippen molar-refractivity contribution in [3.63, 3.8) is 0 Å². The smallest absolute Gasteiger partial charge is 0.243 e. The van der Waals surface area contributed by atoms with E-state index in [1.165, 1.54) is 17.8 Å². The third kappa shape index (κ3) is 4.64. The monoisotopic (exact) mass is 416 g/mol. The Hall–Kier alpha value is -2.74. The Morgan fingerprint density at radius 1 is 1.17 bits per heavy atom. The number of ether oxygens (including phenoxy) is 2. The fraction of sp³-hybridized carbons (Fsp3) is 0.333. The molecule has 2 heterocycles. The molecule has 8 heteroatoms. The molecule has 2 amide bonds. The van der Waals surface area contributed by atoms with E-state index in [0.717, 1.165) is 0 Å². The number of halogens is 1. The van der Waals surface area contributed by atoms with Crippen LogP contribution >= 0.6 is 11.8 Å². The van der Waals surface area contributed by atoms with Gasteiger partial charge >= 0.3 is 0 Å². The average Bonchev–Trinajstić information content (AvgIpc) is 2.74. The largest absolute Gasteiger partial charge is 0.486 e. The highest BCUT2D eigenvalue weighted by molar-refractivity contribution is 8.00. The Bertz CT molecular complexity index is 910. The van der Waals surface area contributed by atoms with Crippen molar-refractivity contribution in [2.45, 2.75) is 23.8 Å². The second kappa shape index (κ2) is 8.73. The van der Waals surface area contributed by atoms with Gasteiger partial charge < -0.3 is 20.1 Å². The molecule has 1 saturated heterocycles. The summed E-state index contributed by atoms with van der Waals surface area (Å²) in [5, 5.41) is 5.14. The number of para-hydroxylation sites is 2. The summed E-state index contributed by atoms with van der Waals surface area (Å²) in [6.45, 7) is 0.622. The molecule has 152 valence electrons. The van der Waals surface area contributed by atoms with Gasteiger partial charge in [0.2, 0.25) is 11.8 Å². The molecule has 0 radical (unpaired) electrons. The first-order valence-corrected chi connectivity index (χ1v) is 10.5. The molecule has 0 aromatic heterocycles. The van der Waals surface area contributed by atoms with Crippen LogP contribution in [0.5, 0.6) is 11.5 Å². The topological polar surface area (TPSA) is 76.7 Å². The van der Waals surface area contributed by atoms with Crippen molar-refractivity contribution in [3.8, 4) is 11.5 Å². The maximum Gasteiger partial charge on any atom is 0.243 e. The zero-order chi connectivity index (χ0) is 20.2. The van der Waals surface area contributed by atoms with Gasteiger partial charge in [0.1, 0.15) is 24.6 Å². The molecule has 0 unspecified atom stereocenters. The molecule has 0 saturated carbocycles. The number of carbonyl (C=O) groups is 2. The molecule has 2 aromatic carbocycles. The molecule has 0 bridgehead atoms. The maximum atomic E-state index is 13.8. The number of hydrogen-bond donors (Lipinski definition) is 2. The van der Waals surface area contributed by atoms with Crippen LogP contribution in [-0.2, 0) is 16.0 Å². The first kappa shape index (κ1) is 19.6. The van der Waals surface area contributed by atoms with E-state index in [2.05, 4.69) is 10.6 Å². The van der Waals surface area contributed by atoms with Gasteiger partial charge in [-0.2, -0.15) is 0 Å². The summed E-state index contributed by atoms with van der Waals surface area (Å²) in [7, 11) is 0. The molecule has 2 aliphatic heterocycles. The van der Waals surface area contributed by atoms with Crippen LogP contribution in [0.25, 0.3) is 0 Å². The quantitative estimate of drug-likeness (QED) is 0.779. The molecule has 2 aromatic rings. The van der Waals surface area contributed by atoms with Gasteiger partial charge in [-0.1, -0.05) is 30.3 Å². The van der Waals surface area contributed by atoms with Crippen LogP contribution in [0.1, 0.15) is 5.56 Å². The van der Waals surface area contributed by atoms with E-state index in [4.69, 9.17) is 9.47 Å². The van der Waals surface area contributed by atoms with Crippen LogP contribution in [0.3, 0.4) is 0 Å². The highest BCUT2D eigenvalue weighted by Gasteiger charge is 2.33. The minimum Gasteiger partial charge on any atom is -0.486 e. The lowest BCUT2D eigenvalue weighted by Crippen LogP contribution is -2.55. The van der Waals surface area contributed by atoms with Gasteiger partial charge in [-0.3, -0.25) is 9.59 Å². The van der Waals surface area contributed by atoms with E-state index >= 15 is 0 Å². The molecule has 0 aliphatic carbocycles. The second-order valence-electron chi connectivity index (χ2n) is 6.92. The number of rotatable bonds is 5. The van der Waals surface area contributed by atoms with E-state index in [9.17, 15) is 14.0 Å². The van der Waals surface area contributed by atoms with Crippen molar-refractivity contribution in [1.29, 1.82) is 0 Å². The zero-order valence-electron chi connectivity index (χ0n) is 15.6. The second-order valence-corrected chi connectivity index (χ2v) is 8.16. The maximum absolute atomic E-state index is 13.8. The molecular weight excluding hydrogens is 395 g/mol. The van der Waals surface area contributed by atoms with Gasteiger partial charge in [-0.25, -0.2) is 4.39 Å². The molecule has 2 aliphatic rings. The summed E-state index contributed by atoms with van der Waals surface area (Å²) < 4.78 is 25.3. The summed E-state index contributed by atoms with van der Waals surface area (Å²) in [5.41, 5.74) is 0.498. The predicted octanol–water partition coefficient (Wildman–Crippen LogP) is 1.92. The Morgan fingerprint density at radius 2 is 1.93 bits per heavy atom. The van der Waals surface area contributed by atoms with Crippen molar-refractivity contribution in [2.75, 3.05) is 18.9 Å². The molecule has 3 atom stereocenters. The van der Waals surface area contributed by atoms with Crippen LogP contribution in [-0.4, -0.2) is 48.1 Å². The van der Waals surface area contributed by atoms with E-state index in [1.54, 1.807) is 18.2 Å². The molecule has 29 heavy (non-hydrogen) atoms. The Labute approximate surface area is 172 Å². The van der Waals surface area contributed by atoms with Crippen LogP contribution < -0.4 is 20.1 Å². The summed E-state index contributed by atoms with van der Waals surface area (Å²) in [5.74, 6) is 0.926. The minimum absolute atomic E-state index is 0.254. The minimum atomic E-state index is -0.624. The fourth-order valence-corrected chi connectivity index (χ4v) is 4.43. The molecule has 0 spiro atoms. The molecule has 6 nitrogen and oxygen atoms in total. The Kier molecular flexibility index (Phi) is 5.89. The normalized spacial score (nSPS) is 23.2. The first-order chi connectivity index (χ1) is 14.1. The molecule has 4 rings (SSSR count). The highest BCUT2D eigenvalue weighted by Crippen LogP contribution is 2.30. The fourth-order valence-electron chi connectivity index (χ4n) is 3.25. The average molecular weight is 416 g/mol. The van der Waals surface area contributed by atoms with Crippen LogP contribution in [0, 0.1) is 5.82 Å². The van der Waals surface area contributed by atoms with Gasteiger partial charge in [0.25, 0.3) is 0 Å². The number of hydrogen-bond acceptors (Lipinski definition) is 5. The Balaban J connectivity index is 1.26. The number of amides is 2. The number of fused-ring (bicyclic) bond motifs is 1. The number of thioether (sulfide) groups is 1. The third-order valence-electron chi connectivity index (χ3n) is 4.82. The van der Waals surface area contributed by atoms with E-state index in [1.807, 2.05) is 24.3 Å². The van der Waals surface area contributed by atoms with Crippen LogP contribution in [0.15, 0.2) is 48.5 Å². The van der Waals surface area contributed by atoms with Gasteiger partial charge in [-0.15, -0.1) is 11.8 Å². The number of carbonyl (C=O) groups excluding carboxylic acids is 2. The lowest BCUT2D eigenvalue weighted by Gasteiger charge is -2.30. The van der Waals surface area contributed by atoms with Crippen molar-refractivity contribution in [3.05, 3.63) is 59.9 Å². The molecular formula is C21H21FN2O4S. The zero-order valence-corrected chi connectivity index (χ0v) is 16.4. The summed E-state index contributed by atoms with van der Waals surface area (Å²) >= 11 is 1.37. The standard InChI is InChI=1S/C21H21FN2O4S/c22-15-6-2-1-5-13(15)9-19-21(26)24-16(12-29-19)20(25)23-10-14-11-27-17-7-3-4-8-18(17)28-14/h1-8,14,16,19H,9-12H2,(H,23,25)(H,24,26)/t14-,16-,19+/m1/s1. The van der Waals surface area contributed by atoms with Gasteiger partial charge in [0.05, 0.1) is 11.8 Å². The van der Waals surface area contributed by atoms with E-state index < -0.39 is 11.3 Å². The van der Waals surface area contributed by atoms with Crippen molar-refractivity contribution >= 4 is 23.6 Å². The molecule has 1 fully saturated rings. The predicted molar refractivity (Wildman–Crippen MR) is 108 cm³/mol. The summed E-state index contributed by atoms with van der Waals surface area (Å²) in [4.78, 5) is 24.8.